The predicted octanol–water partition coefficient (Wildman–Crippen LogP) is 1.91. The summed E-state index contributed by atoms with van der Waals surface area (Å²) >= 11 is 0. The van der Waals surface area contributed by atoms with Gasteiger partial charge in [0.15, 0.2) is 0 Å². The molecule has 0 aromatic rings. The van der Waals surface area contributed by atoms with E-state index in [1.54, 1.807) is 0 Å². The summed E-state index contributed by atoms with van der Waals surface area (Å²) in [5.41, 5.74) is 6.77. The van der Waals surface area contributed by atoms with Gasteiger partial charge in [-0.15, -0.1) is 0 Å². The Morgan fingerprint density at radius 1 is 1.18 bits per heavy atom. The second-order valence-corrected chi connectivity index (χ2v) is 4.88. The van der Waals surface area contributed by atoms with Crippen molar-refractivity contribution in [1.82, 2.24) is 0 Å². The minimum Gasteiger partial charge on any atom is -0.325 e. The Morgan fingerprint density at radius 3 is 2.91 bits per heavy atom. The Morgan fingerprint density at radius 2 is 2.09 bits per heavy atom. The maximum atomic E-state index is 6.45. The molecule has 2 bridgehead atoms. The van der Waals surface area contributed by atoms with Crippen molar-refractivity contribution < 1.29 is 0 Å². The van der Waals surface area contributed by atoms with Gasteiger partial charge in [0.1, 0.15) is 0 Å². The third kappa shape index (κ3) is 0.618. The SMILES string of the molecule is N[C@@]12CCC[C@@H]1[C@@H]1CC[C@@H]2C1. The van der Waals surface area contributed by atoms with Crippen molar-refractivity contribution in [2.75, 3.05) is 0 Å². The third-order valence-electron chi connectivity index (χ3n) is 4.62. The number of hydrogen-bond donors (Lipinski definition) is 1. The molecule has 3 saturated carbocycles. The molecule has 3 aliphatic rings. The lowest BCUT2D eigenvalue weighted by atomic mass is 9.76. The van der Waals surface area contributed by atoms with E-state index in [4.69, 9.17) is 5.73 Å². The molecule has 0 unspecified atom stereocenters. The van der Waals surface area contributed by atoms with Crippen LogP contribution < -0.4 is 5.73 Å². The molecule has 11 heavy (non-hydrogen) atoms. The van der Waals surface area contributed by atoms with Crippen LogP contribution in [0.15, 0.2) is 0 Å². The Kier molecular flexibility index (Phi) is 1.07. The van der Waals surface area contributed by atoms with Gasteiger partial charge in [-0.2, -0.15) is 0 Å². The number of nitrogens with two attached hydrogens (primary N) is 1. The third-order valence-corrected chi connectivity index (χ3v) is 4.62. The van der Waals surface area contributed by atoms with E-state index in [1.165, 1.54) is 38.5 Å². The smallest absolute Gasteiger partial charge is 0.0214 e. The van der Waals surface area contributed by atoms with E-state index < -0.39 is 0 Å². The highest BCUT2D eigenvalue weighted by Crippen LogP contribution is 2.59. The van der Waals surface area contributed by atoms with Gasteiger partial charge in [0.2, 0.25) is 0 Å². The highest BCUT2D eigenvalue weighted by atomic mass is 14.9. The van der Waals surface area contributed by atoms with Gasteiger partial charge in [-0.25, -0.2) is 0 Å². The van der Waals surface area contributed by atoms with Crippen molar-refractivity contribution in [2.45, 2.75) is 44.1 Å². The molecule has 0 spiro atoms. The summed E-state index contributed by atoms with van der Waals surface area (Å²) in [5.74, 6) is 2.88. The summed E-state index contributed by atoms with van der Waals surface area (Å²) in [6.45, 7) is 0. The molecule has 0 aromatic heterocycles. The fourth-order valence-electron chi connectivity index (χ4n) is 4.13. The van der Waals surface area contributed by atoms with Crippen LogP contribution in [-0.4, -0.2) is 5.54 Å². The van der Waals surface area contributed by atoms with Crippen LogP contribution >= 0.6 is 0 Å². The van der Waals surface area contributed by atoms with Gasteiger partial charge < -0.3 is 5.73 Å². The molecule has 0 aromatic carbocycles. The van der Waals surface area contributed by atoms with Crippen LogP contribution in [0, 0.1) is 17.8 Å². The highest BCUT2D eigenvalue weighted by Gasteiger charge is 2.57. The number of rotatable bonds is 0. The monoisotopic (exact) mass is 151 g/mol. The molecule has 3 aliphatic carbocycles. The average molecular weight is 151 g/mol. The van der Waals surface area contributed by atoms with Gasteiger partial charge >= 0.3 is 0 Å². The van der Waals surface area contributed by atoms with Gasteiger partial charge in [-0.1, -0.05) is 6.42 Å². The predicted molar refractivity (Wildman–Crippen MR) is 45.1 cm³/mol. The van der Waals surface area contributed by atoms with Crippen molar-refractivity contribution in [3.05, 3.63) is 0 Å². The van der Waals surface area contributed by atoms with E-state index in [0.29, 0.717) is 5.54 Å². The molecule has 2 N–H and O–H groups in total. The van der Waals surface area contributed by atoms with E-state index in [2.05, 4.69) is 0 Å². The molecular formula is C10H17N. The Hall–Kier alpha value is -0.0400. The molecule has 3 rings (SSSR count). The Labute approximate surface area is 68.3 Å². The second-order valence-electron chi connectivity index (χ2n) is 4.88. The van der Waals surface area contributed by atoms with Crippen molar-refractivity contribution >= 4 is 0 Å². The summed E-state index contributed by atoms with van der Waals surface area (Å²) in [6, 6.07) is 0. The summed E-state index contributed by atoms with van der Waals surface area (Å²) in [6.07, 6.45) is 8.60. The van der Waals surface area contributed by atoms with E-state index >= 15 is 0 Å². The first-order chi connectivity index (χ1) is 5.31. The van der Waals surface area contributed by atoms with Crippen molar-refractivity contribution in [2.24, 2.45) is 23.5 Å². The normalized spacial score (nSPS) is 60.3. The summed E-state index contributed by atoms with van der Waals surface area (Å²) in [4.78, 5) is 0. The zero-order valence-electron chi connectivity index (χ0n) is 7.05. The first-order valence-corrected chi connectivity index (χ1v) is 5.09. The standard InChI is InChI=1S/C10H17N/c11-10-5-1-2-9(10)7-3-4-8(10)6-7/h7-9H,1-6,11H2/t7-,8-,9-,10-/m1/s1. The maximum Gasteiger partial charge on any atom is 0.0214 e. The first-order valence-electron chi connectivity index (χ1n) is 5.09. The largest absolute Gasteiger partial charge is 0.325 e. The lowest BCUT2D eigenvalue weighted by molar-refractivity contribution is 0.210. The number of fused-ring (bicyclic) bond motifs is 5. The molecule has 62 valence electrons. The van der Waals surface area contributed by atoms with Crippen molar-refractivity contribution in [3.63, 3.8) is 0 Å². The van der Waals surface area contributed by atoms with Gasteiger partial charge in [0.25, 0.3) is 0 Å². The van der Waals surface area contributed by atoms with E-state index in [9.17, 15) is 0 Å². The quantitative estimate of drug-likeness (QED) is 0.562. The van der Waals surface area contributed by atoms with Gasteiger partial charge in [0, 0.05) is 5.54 Å². The zero-order chi connectivity index (χ0) is 7.47. The molecule has 3 fully saturated rings. The minimum absolute atomic E-state index is 0.322. The fourth-order valence-corrected chi connectivity index (χ4v) is 4.13. The lowest BCUT2D eigenvalue weighted by Crippen LogP contribution is -2.47. The van der Waals surface area contributed by atoms with Crippen LogP contribution in [0.1, 0.15) is 38.5 Å². The lowest BCUT2D eigenvalue weighted by Gasteiger charge is -2.35. The topological polar surface area (TPSA) is 26.0 Å². The fraction of sp³-hybridized carbons (Fsp3) is 1.00. The van der Waals surface area contributed by atoms with Gasteiger partial charge in [-0.05, 0) is 49.9 Å². The summed E-state index contributed by atoms with van der Waals surface area (Å²) < 4.78 is 0. The Balaban J connectivity index is 2.00. The summed E-state index contributed by atoms with van der Waals surface area (Å²) in [5, 5.41) is 0. The first kappa shape index (κ1) is 6.47. The maximum absolute atomic E-state index is 6.45. The molecule has 1 nitrogen and oxygen atoms in total. The summed E-state index contributed by atoms with van der Waals surface area (Å²) in [7, 11) is 0. The van der Waals surface area contributed by atoms with E-state index in [0.717, 1.165) is 17.8 Å². The van der Waals surface area contributed by atoms with Crippen LogP contribution in [0.25, 0.3) is 0 Å². The van der Waals surface area contributed by atoms with Gasteiger partial charge in [0.05, 0.1) is 0 Å². The molecule has 0 saturated heterocycles. The Bertz CT molecular complexity index is 189. The average Bonchev–Trinajstić information content (AvgIpc) is 2.54. The highest BCUT2D eigenvalue weighted by molar-refractivity contribution is 5.12. The van der Waals surface area contributed by atoms with E-state index in [-0.39, 0.29) is 0 Å². The van der Waals surface area contributed by atoms with E-state index in [1.807, 2.05) is 0 Å². The second kappa shape index (κ2) is 1.82. The van der Waals surface area contributed by atoms with Crippen LogP contribution in [-0.2, 0) is 0 Å². The van der Waals surface area contributed by atoms with Crippen LogP contribution in [0.2, 0.25) is 0 Å². The van der Waals surface area contributed by atoms with Gasteiger partial charge in [-0.3, -0.25) is 0 Å². The zero-order valence-corrected chi connectivity index (χ0v) is 7.05. The molecule has 0 amide bonds. The van der Waals surface area contributed by atoms with Crippen molar-refractivity contribution in [1.29, 1.82) is 0 Å². The minimum atomic E-state index is 0.322. The number of hydrogen-bond acceptors (Lipinski definition) is 1. The molecule has 0 heterocycles. The molecule has 0 radical (unpaired) electrons. The van der Waals surface area contributed by atoms with Crippen LogP contribution in [0.3, 0.4) is 0 Å². The molecule has 0 aliphatic heterocycles. The molecule has 1 heteroatoms. The van der Waals surface area contributed by atoms with Crippen LogP contribution in [0.5, 0.6) is 0 Å². The molecule has 4 atom stereocenters. The van der Waals surface area contributed by atoms with Crippen molar-refractivity contribution in [3.8, 4) is 0 Å². The van der Waals surface area contributed by atoms with Crippen LogP contribution in [0.4, 0.5) is 0 Å². The molecular weight excluding hydrogens is 134 g/mol.